The van der Waals surface area contributed by atoms with Gasteiger partial charge in [0.15, 0.2) is 0 Å². The Kier molecular flexibility index (Phi) is 26.0. The summed E-state index contributed by atoms with van der Waals surface area (Å²) in [5, 5.41) is 8.00. The van der Waals surface area contributed by atoms with Crippen molar-refractivity contribution in [1.29, 1.82) is 0 Å². The van der Waals surface area contributed by atoms with Crippen LogP contribution in [-0.2, 0) is 10.1 Å². The molecule has 29 heavy (non-hydrogen) atoms. The smallest absolute Gasteiger partial charge is 0.748 e. The van der Waals surface area contributed by atoms with E-state index in [0.717, 1.165) is 19.3 Å². The molecule has 0 aliphatic heterocycles. The van der Waals surface area contributed by atoms with E-state index in [1.54, 1.807) is 0 Å². The van der Waals surface area contributed by atoms with Crippen molar-refractivity contribution in [3.63, 3.8) is 0 Å². The van der Waals surface area contributed by atoms with Gasteiger partial charge < -0.3 is 9.66 Å². The number of rotatable bonds is 22. The Labute approximate surface area is 204 Å². The number of unbranched alkanes of at least 4 members (excludes halogenated alkanes) is 16. The molecule has 0 saturated heterocycles. The second-order valence-corrected chi connectivity index (χ2v) is 10.1. The van der Waals surface area contributed by atoms with Crippen LogP contribution >= 0.6 is 0 Å². The molecule has 0 aromatic carbocycles. The van der Waals surface area contributed by atoms with Gasteiger partial charge in [-0.1, -0.05) is 116 Å². The number of hydrogen-bond donors (Lipinski definition) is 1. The number of aliphatic hydroxyl groups is 1. The number of hydrogen-bond acceptors (Lipinski definition) is 4. The monoisotopic (exact) mass is 442 g/mol. The van der Waals surface area contributed by atoms with E-state index in [1.165, 1.54) is 89.9 Å². The molecular weight excluding hydrogens is 395 g/mol. The van der Waals surface area contributed by atoms with E-state index in [1.807, 2.05) is 0 Å². The maximum atomic E-state index is 11.2. The Morgan fingerprint density at radius 3 is 1.24 bits per heavy atom. The molecule has 0 radical (unpaired) electrons. The zero-order valence-electron chi connectivity index (χ0n) is 19.5. The van der Waals surface area contributed by atoms with Crippen molar-refractivity contribution in [2.24, 2.45) is 0 Å². The van der Waals surface area contributed by atoms with Crippen molar-refractivity contribution in [1.82, 2.24) is 0 Å². The first-order valence-electron chi connectivity index (χ1n) is 12.1. The summed E-state index contributed by atoms with van der Waals surface area (Å²) in [4.78, 5) is 0. The van der Waals surface area contributed by atoms with Crippen molar-refractivity contribution in [2.45, 2.75) is 141 Å². The first kappa shape index (κ1) is 32.1. The zero-order chi connectivity index (χ0) is 20.9. The molecule has 0 spiro atoms. The van der Waals surface area contributed by atoms with E-state index in [-0.39, 0.29) is 36.2 Å². The van der Waals surface area contributed by atoms with E-state index in [2.05, 4.69) is 6.92 Å². The van der Waals surface area contributed by atoms with Gasteiger partial charge in [-0.15, -0.1) is 0 Å². The van der Waals surface area contributed by atoms with Gasteiger partial charge in [-0.05, 0) is 19.3 Å². The molecule has 1 N–H and O–H groups in total. The van der Waals surface area contributed by atoms with E-state index in [0.29, 0.717) is 19.3 Å². The molecule has 4 nitrogen and oxygen atoms in total. The van der Waals surface area contributed by atoms with Gasteiger partial charge in [0.25, 0.3) is 0 Å². The molecular formula is C23H47NaO4S. The van der Waals surface area contributed by atoms with E-state index in [9.17, 15) is 13.0 Å². The van der Waals surface area contributed by atoms with Crippen LogP contribution in [0.1, 0.15) is 135 Å². The zero-order valence-corrected chi connectivity index (χ0v) is 22.3. The van der Waals surface area contributed by atoms with Crippen LogP contribution in [0.3, 0.4) is 0 Å². The van der Waals surface area contributed by atoms with Crippen LogP contribution in [0.25, 0.3) is 0 Å². The average molecular weight is 443 g/mol. The van der Waals surface area contributed by atoms with Gasteiger partial charge in [-0.25, -0.2) is 8.42 Å². The first-order chi connectivity index (χ1) is 13.5. The fourth-order valence-electron chi connectivity index (χ4n) is 3.85. The molecule has 0 bridgehead atoms. The summed E-state index contributed by atoms with van der Waals surface area (Å²) >= 11 is 0. The van der Waals surface area contributed by atoms with E-state index >= 15 is 0 Å². The third-order valence-corrected chi connectivity index (χ3v) is 7.01. The van der Waals surface area contributed by atoms with E-state index in [4.69, 9.17) is 5.11 Å². The van der Waals surface area contributed by atoms with Crippen LogP contribution < -0.4 is 29.6 Å². The summed E-state index contributed by atoms with van der Waals surface area (Å²) in [6, 6.07) is 0. The summed E-state index contributed by atoms with van der Waals surface area (Å²) in [6.07, 6.45) is 23.2. The van der Waals surface area contributed by atoms with Gasteiger partial charge in [0.2, 0.25) is 0 Å². The van der Waals surface area contributed by atoms with Crippen molar-refractivity contribution in [3.8, 4) is 0 Å². The molecule has 0 aromatic rings. The Morgan fingerprint density at radius 2 is 0.931 bits per heavy atom. The molecule has 0 saturated carbocycles. The van der Waals surface area contributed by atoms with Crippen LogP contribution in [0.15, 0.2) is 0 Å². The standard InChI is InChI=1S/C23H48O4S.Na/c1-2-3-4-5-6-7-8-9-10-11-12-13-14-15-16-17-18-20-23(21-19-22-24)28(25,26)27;/h23-24H,2-22H2,1H3,(H,25,26,27);/q;+1/p-1. The van der Waals surface area contributed by atoms with Crippen molar-refractivity contribution >= 4 is 10.1 Å². The largest absolute Gasteiger partial charge is 1.00 e. The van der Waals surface area contributed by atoms with Gasteiger partial charge in [0.05, 0.1) is 10.1 Å². The fraction of sp³-hybridized carbons (Fsp3) is 1.00. The summed E-state index contributed by atoms with van der Waals surface area (Å²) in [7, 11) is -4.22. The minimum absolute atomic E-state index is 0. The predicted octanol–water partition coefficient (Wildman–Crippen LogP) is 3.72. The molecule has 0 aliphatic rings. The van der Waals surface area contributed by atoms with Crippen LogP contribution in [0.4, 0.5) is 0 Å². The predicted molar refractivity (Wildman–Crippen MR) is 119 cm³/mol. The fourth-order valence-corrected chi connectivity index (χ4v) is 4.76. The van der Waals surface area contributed by atoms with Crippen LogP contribution in [0.5, 0.6) is 0 Å². The summed E-state index contributed by atoms with van der Waals surface area (Å²) in [5.41, 5.74) is 0. The Balaban J connectivity index is 0. The SMILES string of the molecule is CCCCCCCCCCCCCCCCCCCC(CCCO)S(=O)(=O)[O-].[Na+]. The van der Waals surface area contributed by atoms with Crippen LogP contribution in [0, 0.1) is 0 Å². The van der Waals surface area contributed by atoms with Crippen molar-refractivity contribution < 1.29 is 47.6 Å². The molecule has 0 fully saturated rings. The van der Waals surface area contributed by atoms with E-state index < -0.39 is 15.4 Å². The molecule has 1 atom stereocenters. The molecule has 0 amide bonds. The normalized spacial score (nSPS) is 12.7. The minimum Gasteiger partial charge on any atom is -0.748 e. The van der Waals surface area contributed by atoms with Gasteiger partial charge in [-0.3, -0.25) is 0 Å². The second kappa shape index (κ2) is 23.5. The van der Waals surface area contributed by atoms with Crippen LogP contribution in [-0.4, -0.2) is 29.9 Å². The van der Waals surface area contributed by atoms with Gasteiger partial charge in [0.1, 0.15) is 0 Å². The molecule has 0 heterocycles. The van der Waals surface area contributed by atoms with Crippen LogP contribution in [0.2, 0.25) is 0 Å². The minimum atomic E-state index is -4.22. The quantitative estimate of drug-likeness (QED) is 0.157. The van der Waals surface area contributed by atoms with Gasteiger partial charge >= 0.3 is 29.6 Å². The first-order valence-corrected chi connectivity index (χ1v) is 13.5. The van der Waals surface area contributed by atoms with Crippen molar-refractivity contribution in [2.75, 3.05) is 6.61 Å². The molecule has 6 heteroatoms. The Morgan fingerprint density at radius 1 is 0.621 bits per heavy atom. The Hall–Kier alpha value is 0.870. The maximum Gasteiger partial charge on any atom is 1.00 e. The third-order valence-electron chi connectivity index (χ3n) is 5.72. The molecule has 1 unspecified atom stereocenters. The third kappa shape index (κ3) is 23.4. The second-order valence-electron chi connectivity index (χ2n) is 8.43. The van der Waals surface area contributed by atoms with Crippen molar-refractivity contribution in [3.05, 3.63) is 0 Å². The Bertz CT molecular complexity index is 415. The summed E-state index contributed by atoms with van der Waals surface area (Å²) in [6.45, 7) is 2.22. The maximum absolute atomic E-state index is 11.2. The molecule has 170 valence electrons. The topological polar surface area (TPSA) is 77.4 Å². The molecule has 0 aliphatic carbocycles. The summed E-state index contributed by atoms with van der Waals surface area (Å²) < 4.78 is 33.6. The average Bonchev–Trinajstić information content (AvgIpc) is 2.65. The summed E-state index contributed by atoms with van der Waals surface area (Å²) in [5.74, 6) is 0. The van der Waals surface area contributed by atoms with Gasteiger partial charge in [0, 0.05) is 11.9 Å². The van der Waals surface area contributed by atoms with Gasteiger partial charge in [-0.2, -0.15) is 0 Å². The molecule has 0 rings (SSSR count). The molecule has 0 aromatic heterocycles. The number of aliphatic hydroxyl groups excluding tert-OH is 1.